The fourth-order valence-corrected chi connectivity index (χ4v) is 4.01. The number of carbonyl (C=O) groups is 1. The van der Waals surface area contributed by atoms with Crippen LogP contribution in [0.4, 0.5) is 0 Å². The van der Waals surface area contributed by atoms with Gasteiger partial charge in [-0.1, -0.05) is 0 Å². The van der Waals surface area contributed by atoms with Crippen molar-refractivity contribution < 1.29 is 23.8 Å². The molecule has 8 heteroatoms. The van der Waals surface area contributed by atoms with Crippen LogP contribution in [-0.2, 0) is 20.8 Å². The van der Waals surface area contributed by atoms with Gasteiger partial charge in [-0.15, -0.1) is 0 Å². The number of aliphatic hydroxyl groups is 1. The number of carbonyl (C=O) groups excluding carboxylic acids is 1. The lowest BCUT2D eigenvalue weighted by molar-refractivity contribution is -0.187. The third-order valence-corrected chi connectivity index (χ3v) is 5.40. The van der Waals surface area contributed by atoms with Crippen molar-refractivity contribution in [2.75, 3.05) is 32.8 Å². The minimum absolute atomic E-state index is 0.0928. The van der Waals surface area contributed by atoms with Gasteiger partial charge in [0, 0.05) is 33.1 Å². The predicted octanol–water partition coefficient (Wildman–Crippen LogP) is -0.613. The summed E-state index contributed by atoms with van der Waals surface area (Å²) in [6.45, 7) is 5.34. The monoisotopic (exact) mass is 351 g/mol. The van der Waals surface area contributed by atoms with Gasteiger partial charge in [-0.05, 0) is 12.1 Å². The van der Waals surface area contributed by atoms with Crippen molar-refractivity contribution in [3.63, 3.8) is 0 Å². The highest BCUT2D eigenvalue weighted by Gasteiger charge is 2.52. The van der Waals surface area contributed by atoms with Crippen LogP contribution in [0.1, 0.15) is 12.7 Å². The second-order valence-electron chi connectivity index (χ2n) is 6.89. The molecule has 3 aliphatic heterocycles. The highest BCUT2D eigenvalue weighted by Crippen LogP contribution is 2.32. The van der Waals surface area contributed by atoms with E-state index in [1.807, 2.05) is 17.0 Å². The Labute approximate surface area is 146 Å². The summed E-state index contributed by atoms with van der Waals surface area (Å²) in [5, 5.41) is 14.3. The number of hydrogen-bond acceptors (Lipinski definition) is 7. The number of fused-ring (bicyclic) bond motifs is 2. The highest BCUT2D eigenvalue weighted by atomic mass is 16.7. The molecule has 5 unspecified atom stereocenters. The zero-order valence-electron chi connectivity index (χ0n) is 14.3. The fraction of sp³-hybridized carbons (Fsp3) is 0.706. The van der Waals surface area contributed by atoms with Gasteiger partial charge in [-0.3, -0.25) is 9.69 Å². The van der Waals surface area contributed by atoms with E-state index in [2.05, 4.69) is 10.2 Å². The number of ether oxygens (including phenoxy) is 2. The second kappa shape index (κ2) is 7.05. The Bertz CT molecular complexity index is 587. The number of nitrogens with zero attached hydrogens (tertiary/aromatic N) is 2. The molecule has 3 aliphatic rings. The molecule has 138 valence electrons. The summed E-state index contributed by atoms with van der Waals surface area (Å²) >= 11 is 0. The number of rotatable bonds is 4. The molecular formula is C17H25N3O5. The fourth-order valence-electron chi connectivity index (χ4n) is 4.01. The van der Waals surface area contributed by atoms with Gasteiger partial charge in [0.2, 0.25) is 5.91 Å². The summed E-state index contributed by atoms with van der Waals surface area (Å²) in [4.78, 5) is 15.5. The van der Waals surface area contributed by atoms with Crippen molar-refractivity contribution >= 4 is 5.91 Å². The summed E-state index contributed by atoms with van der Waals surface area (Å²) in [7, 11) is 0. The first-order valence-electron chi connectivity index (χ1n) is 8.84. The molecule has 0 spiro atoms. The number of aliphatic hydroxyl groups excluding tert-OH is 1. The molecule has 1 aromatic rings. The van der Waals surface area contributed by atoms with Crippen molar-refractivity contribution in [2.24, 2.45) is 0 Å². The zero-order chi connectivity index (χ0) is 17.4. The number of piperazine rings is 1. The molecule has 3 saturated heterocycles. The SMILES string of the molecule is CC(=O)N1CCN(C2C3OCC(O3)C(NCc3ccco3)C2O)CC1. The van der Waals surface area contributed by atoms with Gasteiger partial charge in [0.05, 0.1) is 37.6 Å². The van der Waals surface area contributed by atoms with Gasteiger partial charge >= 0.3 is 0 Å². The Morgan fingerprint density at radius 2 is 2.16 bits per heavy atom. The molecule has 1 aromatic heterocycles. The average Bonchev–Trinajstić information content (AvgIpc) is 3.26. The number of hydrogen-bond donors (Lipinski definition) is 2. The summed E-state index contributed by atoms with van der Waals surface area (Å²) in [5.41, 5.74) is 0. The smallest absolute Gasteiger partial charge is 0.219 e. The maximum absolute atomic E-state index is 11.5. The van der Waals surface area contributed by atoms with Crippen molar-refractivity contribution in [3.05, 3.63) is 24.2 Å². The Morgan fingerprint density at radius 3 is 2.84 bits per heavy atom. The first-order chi connectivity index (χ1) is 12.1. The predicted molar refractivity (Wildman–Crippen MR) is 87.6 cm³/mol. The van der Waals surface area contributed by atoms with E-state index in [0.29, 0.717) is 39.3 Å². The van der Waals surface area contributed by atoms with Crippen molar-refractivity contribution in [3.8, 4) is 0 Å². The number of nitrogens with one attached hydrogen (secondary N) is 1. The Balaban J connectivity index is 1.42. The summed E-state index contributed by atoms with van der Waals surface area (Å²) in [6, 6.07) is 3.29. The van der Waals surface area contributed by atoms with Crippen LogP contribution in [0.2, 0.25) is 0 Å². The van der Waals surface area contributed by atoms with Crippen LogP contribution in [0.25, 0.3) is 0 Å². The van der Waals surface area contributed by atoms with Crippen LogP contribution in [0, 0.1) is 0 Å². The highest BCUT2D eigenvalue weighted by molar-refractivity contribution is 5.73. The first kappa shape index (κ1) is 17.0. The van der Waals surface area contributed by atoms with Crippen LogP contribution < -0.4 is 5.32 Å². The van der Waals surface area contributed by atoms with Crippen LogP contribution in [-0.4, -0.2) is 84.2 Å². The quantitative estimate of drug-likeness (QED) is 0.748. The van der Waals surface area contributed by atoms with E-state index in [9.17, 15) is 9.90 Å². The maximum atomic E-state index is 11.5. The molecule has 0 aliphatic carbocycles. The van der Waals surface area contributed by atoms with E-state index < -0.39 is 12.4 Å². The lowest BCUT2D eigenvalue weighted by Crippen LogP contribution is -2.66. The van der Waals surface area contributed by atoms with Crippen LogP contribution in [0.3, 0.4) is 0 Å². The Hall–Kier alpha value is -1.45. The molecule has 25 heavy (non-hydrogen) atoms. The van der Waals surface area contributed by atoms with Crippen molar-refractivity contribution in [2.45, 2.75) is 44.1 Å². The Morgan fingerprint density at radius 1 is 1.36 bits per heavy atom. The van der Waals surface area contributed by atoms with Gasteiger partial charge in [0.1, 0.15) is 11.9 Å². The summed E-state index contributed by atoms with van der Waals surface area (Å²) < 4.78 is 17.1. The van der Waals surface area contributed by atoms with Gasteiger partial charge in [-0.25, -0.2) is 0 Å². The Kier molecular flexibility index (Phi) is 4.79. The molecule has 3 fully saturated rings. The molecule has 5 atom stereocenters. The average molecular weight is 351 g/mol. The number of furan rings is 1. The molecule has 8 nitrogen and oxygen atoms in total. The first-order valence-corrected chi connectivity index (χ1v) is 8.84. The number of amides is 1. The minimum Gasteiger partial charge on any atom is -0.468 e. The zero-order valence-corrected chi connectivity index (χ0v) is 14.3. The van der Waals surface area contributed by atoms with E-state index in [0.717, 1.165) is 5.76 Å². The molecule has 0 saturated carbocycles. The van der Waals surface area contributed by atoms with E-state index >= 15 is 0 Å². The van der Waals surface area contributed by atoms with Crippen molar-refractivity contribution in [1.29, 1.82) is 0 Å². The van der Waals surface area contributed by atoms with Crippen LogP contribution in [0.5, 0.6) is 0 Å². The summed E-state index contributed by atoms with van der Waals surface area (Å²) in [5.74, 6) is 0.912. The van der Waals surface area contributed by atoms with Gasteiger partial charge in [0.15, 0.2) is 6.29 Å². The van der Waals surface area contributed by atoms with Gasteiger partial charge in [0.25, 0.3) is 0 Å². The molecule has 1 amide bonds. The van der Waals surface area contributed by atoms with E-state index in [4.69, 9.17) is 13.9 Å². The van der Waals surface area contributed by atoms with E-state index in [1.165, 1.54) is 0 Å². The topological polar surface area (TPSA) is 87.4 Å². The molecule has 4 heterocycles. The standard InChI is InChI=1S/C17H25N3O5/c1-11(21)19-4-6-20(7-5-19)15-16(22)14(13-10-24-17(15)25-13)18-9-12-3-2-8-23-12/h2-3,8,13-18,22H,4-7,9-10H2,1H3. The van der Waals surface area contributed by atoms with E-state index in [1.54, 1.807) is 13.2 Å². The van der Waals surface area contributed by atoms with Gasteiger partial charge in [-0.2, -0.15) is 0 Å². The van der Waals surface area contributed by atoms with Crippen molar-refractivity contribution in [1.82, 2.24) is 15.1 Å². The van der Waals surface area contributed by atoms with Crippen LogP contribution in [0.15, 0.2) is 22.8 Å². The largest absolute Gasteiger partial charge is 0.468 e. The normalized spacial score (nSPS) is 35.9. The molecule has 4 rings (SSSR count). The third kappa shape index (κ3) is 3.32. The molecular weight excluding hydrogens is 326 g/mol. The summed E-state index contributed by atoms with van der Waals surface area (Å²) in [6.07, 6.45) is 0.456. The lowest BCUT2D eigenvalue weighted by Gasteiger charge is -2.46. The maximum Gasteiger partial charge on any atom is 0.219 e. The minimum atomic E-state index is -0.606. The molecule has 0 aromatic carbocycles. The second-order valence-corrected chi connectivity index (χ2v) is 6.89. The van der Waals surface area contributed by atoms with Crippen LogP contribution >= 0.6 is 0 Å². The molecule has 2 N–H and O–H groups in total. The molecule has 2 bridgehead atoms. The van der Waals surface area contributed by atoms with Gasteiger partial charge < -0.3 is 29.2 Å². The van der Waals surface area contributed by atoms with E-state index in [-0.39, 0.29) is 24.1 Å². The lowest BCUT2D eigenvalue weighted by atomic mass is 9.94. The third-order valence-electron chi connectivity index (χ3n) is 5.40. The molecule has 0 radical (unpaired) electrons.